The molecule has 1 aliphatic rings. The highest BCUT2D eigenvalue weighted by Gasteiger charge is 2.57. The molecule has 0 aromatic rings. The van der Waals surface area contributed by atoms with Crippen molar-refractivity contribution in [3.8, 4) is 0 Å². The Labute approximate surface area is 93.5 Å². The summed E-state index contributed by atoms with van der Waals surface area (Å²) in [5, 5.41) is 3.59. The van der Waals surface area contributed by atoms with Gasteiger partial charge in [-0.1, -0.05) is 13.8 Å². The van der Waals surface area contributed by atoms with Crippen LogP contribution in [0.3, 0.4) is 0 Å². The molecule has 0 spiro atoms. The summed E-state index contributed by atoms with van der Waals surface area (Å²) < 4.78 is 10.7. The summed E-state index contributed by atoms with van der Waals surface area (Å²) in [6.45, 7) is 9.62. The summed E-state index contributed by atoms with van der Waals surface area (Å²) in [5.74, 6) is 0. The molecule has 0 bridgehead atoms. The number of rotatable bonds is 5. The lowest BCUT2D eigenvalue weighted by molar-refractivity contribution is -0.182. The molecule has 0 aromatic carbocycles. The van der Waals surface area contributed by atoms with Gasteiger partial charge in [0.05, 0.1) is 12.2 Å². The molecule has 1 fully saturated rings. The van der Waals surface area contributed by atoms with Crippen LogP contribution >= 0.6 is 0 Å². The van der Waals surface area contributed by atoms with Crippen molar-refractivity contribution in [2.75, 3.05) is 20.8 Å². The van der Waals surface area contributed by atoms with Gasteiger partial charge in [-0.15, -0.1) is 0 Å². The van der Waals surface area contributed by atoms with Crippen LogP contribution in [0.4, 0.5) is 0 Å². The summed E-state index contributed by atoms with van der Waals surface area (Å²) >= 11 is 0. The highest BCUT2D eigenvalue weighted by Crippen LogP contribution is 2.51. The molecule has 90 valence electrons. The van der Waals surface area contributed by atoms with Crippen LogP contribution in [0.1, 0.15) is 34.1 Å². The fraction of sp³-hybridized carbons (Fsp3) is 1.00. The van der Waals surface area contributed by atoms with Gasteiger partial charge in [0.25, 0.3) is 0 Å². The lowest BCUT2D eigenvalue weighted by Crippen LogP contribution is -2.69. The zero-order valence-electron chi connectivity index (χ0n) is 10.9. The molecule has 1 saturated carbocycles. The average Bonchev–Trinajstić information content (AvgIpc) is 2.17. The molecule has 3 unspecified atom stereocenters. The summed E-state index contributed by atoms with van der Waals surface area (Å²) in [5.41, 5.74) is 0.196. The highest BCUT2D eigenvalue weighted by molar-refractivity contribution is 5.11. The largest absolute Gasteiger partial charge is 0.383 e. The molecule has 0 heterocycles. The Morgan fingerprint density at radius 1 is 1.33 bits per heavy atom. The summed E-state index contributed by atoms with van der Waals surface area (Å²) in [6, 6.07) is 0.924. The smallest absolute Gasteiger partial charge is 0.0731 e. The van der Waals surface area contributed by atoms with Crippen LogP contribution in [-0.2, 0) is 9.47 Å². The van der Waals surface area contributed by atoms with Crippen molar-refractivity contribution in [2.45, 2.75) is 51.8 Å². The first kappa shape index (κ1) is 12.9. The lowest BCUT2D eigenvalue weighted by Gasteiger charge is -2.59. The van der Waals surface area contributed by atoms with Crippen LogP contribution in [-0.4, -0.2) is 38.5 Å². The molecule has 3 atom stereocenters. The van der Waals surface area contributed by atoms with Crippen LogP contribution < -0.4 is 5.32 Å². The van der Waals surface area contributed by atoms with E-state index < -0.39 is 0 Å². The van der Waals surface area contributed by atoms with Crippen molar-refractivity contribution in [2.24, 2.45) is 5.41 Å². The van der Waals surface area contributed by atoms with E-state index in [1.807, 2.05) is 0 Å². The quantitative estimate of drug-likeness (QED) is 0.759. The molecule has 0 aromatic heterocycles. The third-order valence-corrected chi connectivity index (χ3v) is 4.18. The zero-order valence-corrected chi connectivity index (χ0v) is 10.9. The van der Waals surface area contributed by atoms with Gasteiger partial charge in [0.15, 0.2) is 0 Å². The normalized spacial score (nSPS) is 36.0. The van der Waals surface area contributed by atoms with Crippen molar-refractivity contribution >= 4 is 0 Å². The first-order valence-corrected chi connectivity index (χ1v) is 5.67. The monoisotopic (exact) mass is 215 g/mol. The Balaban J connectivity index is 2.48. The molecule has 0 aliphatic heterocycles. The maximum atomic E-state index is 5.59. The maximum absolute atomic E-state index is 5.59. The molecule has 1 N–H and O–H groups in total. The van der Waals surface area contributed by atoms with Gasteiger partial charge in [0.2, 0.25) is 0 Å². The Morgan fingerprint density at radius 3 is 2.33 bits per heavy atom. The van der Waals surface area contributed by atoms with E-state index in [-0.39, 0.29) is 11.0 Å². The molecular formula is C12H25NO2. The van der Waals surface area contributed by atoms with Gasteiger partial charge < -0.3 is 14.8 Å². The zero-order chi connectivity index (χ0) is 11.7. The van der Waals surface area contributed by atoms with Crippen molar-refractivity contribution in [3.05, 3.63) is 0 Å². The summed E-state index contributed by atoms with van der Waals surface area (Å²) in [4.78, 5) is 0. The Morgan fingerprint density at radius 2 is 1.93 bits per heavy atom. The molecule has 0 radical (unpaired) electrons. The Bertz CT molecular complexity index is 218. The van der Waals surface area contributed by atoms with E-state index >= 15 is 0 Å². The molecule has 0 amide bonds. The SMILES string of the molecule is COCC(C)NC1CC(C)(OC)C1(C)C. The van der Waals surface area contributed by atoms with Crippen molar-refractivity contribution < 1.29 is 9.47 Å². The van der Waals surface area contributed by atoms with E-state index in [0.29, 0.717) is 12.1 Å². The molecule has 3 nitrogen and oxygen atoms in total. The molecule has 15 heavy (non-hydrogen) atoms. The fourth-order valence-corrected chi connectivity index (χ4v) is 2.40. The minimum atomic E-state index is 0.0114. The summed E-state index contributed by atoms with van der Waals surface area (Å²) in [7, 11) is 3.54. The van der Waals surface area contributed by atoms with E-state index in [1.165, 1.54) is 0 Å². The second-order valence-corrected chi connectivity index (χ2v) is 5.44. The van der Waals surface area contributed by atoms with Crippen LogP contribution in [0.2, 0.25) is 0 Å². The lowest BCUT2D eigenvalue weighted by atomic mass is 9.55. The standard InChI is InChI=1S/C12H25NO2/c1-9(8-14-5)13-10-7-12(4,15-6)11(10,2)3/h9-10,13H,7-8H2,1-6H3. The van der Waals surface area contributed by atoms with Gasteiger partial charge in [-0.25, -0.2) is 0 Å². The topological polar surface area (TPSA) is 30.5 Å². The molecular weight excluding hydrogens is 190 g/mol. The van der Waals surface area contributed by atoms with Crippen molar-refractivity contribution in [3.63, 3.8) is 0 Å². The van der Waals surface area contributed by atoms with Crippen LogP contribution in [0, 0.1) is 5.41 Å². The predicted molar refractivity (Wildman–Crippen MR) is 62.1 cm³/mol. The van der Waals surface area contributed by atoms with E-state index in [0.717, 1.165) is 13.0 Å². The second-order valence-electron chi connectivity index (χ2n) is 5.44. The number of ether oxygens (including phenoxy) is 2. The number of methoxy groups -OCH3 is 2. The summed E-state index contributed by atoms with van der Waals surface area (Å²) in [6.07, 6.45) is 1.07. The predicted octanol–water partition coefficient (Wildman–Crippen LogP) is 1.81. The maximum Gasteiger partial charge on any atom is 0.0731 e. The minimum Gasteiger partial charge on any atom is -0.383 e. The Hall–Kier alpha value is -0.120. The second kappa shape index (κ2) is 4.40. The van der Waals surface area contributed by atoms with Gasteiger partial charge >= 0.3 is 0 Å². The third-order valence-electron chi connectivity index (χ3n) is 4.18. The van der Waals surface area contributed by atoms with Crippen LogP contribution in [0.15, 0.2) is 0 Å². The van der Waals surface area contributed by atoms with Crippen LogP contribution in [0.25, 0.3) is 0 Å². The first-order chi connectivity index (χ1) is 6.87. The fourth-order valence-electron chi connectivity index (χ4n) is 2.40. The van der Waals surface area contributed by atoms with Crippen LogP contribution in [0.5, 0.6) is 0 Å². The number of hydrogen-bond acceptors (Lipinski definition) is 3. The average molecular weight is 215 g/mol. The van der Waals surface area contributed by atoms with Gasteiger partial charge in [-0.2, -0.15) is 0 Å². The Kier molecular flexibility index (Phi) is 3.80. The van der Waals surface area contributed by atoms with E-state index in [9.17, 15) is 0 Å². The van der Waals surface area contributed by atoms with Crippen molar-refractivity contribution in [1.29, 1.82) is 0 Å². The number of nitrogens with one attached hydrogen (secondary N) is 1. The van der Waals surface area contributed by atoms with Gasteiger partial charge in [0.1, 0.15) is 0 Å². The van der Waals surface area contributed by atoms with Gasteiger partial charge in [0, 0.05) is 31.7 Å². The van der Waals surface area contributed by atoms with E-state index in [1.54, 1.807) is 14.2 Å². The highest BCUT2D eigenvalue weighted by atomic mass is 16.5. The van der Waals surface area contributed by atoms with Crippen molar-refractivity contribution in [1.82, 2.24) is 5.32 Å². The first-order valence-electron chi connectivity index (χ1n) is 5.67. The molecule has 1 aliphatic carbocycles. The minimum absolute atomic E-state index is 0.0114. The third kappa shape index (κ3) is 2.19. The van der Waals surface area contributed by atoms with Gasteiger partial charge in [-0.3, -0.25) is 0 Å². The molecule has 1 rings (SSSR count). The molecule has 0 saturated heterocycles. The van der Waals surface area contributed by atoms with E-state index in [2.05, 4.69) is 33.0 Å². The number of hydrogen-bond donors (Lipinski definition) is 1. The molecule has 3 heteroatoms. The van der Waals surface area contributed by atoms with Gasteiger partial charge in [-0.05, 0) is 20.3 Å². The van der Waals surface area contributed by atoms with E-state index in [4.69, 9.17) is 9.47 Å².